The summed E-state index contributed by atoms with van der Waals surface area (Å²) < 4.78 is 16.0. The van der Waals surface area contributed by atoms with Crippen LogP contribution >= 0.6 is 0 Å². The van der Waals surface area contributed by atoms with E-state index in [0.717, 1.165) is 19.3 Å². The predicted octanol–water partition coefficient (Wildman–Crippen LogP) is 3.83. The Hall–Kier alpha value is -0.160. The molecule has 0 fully saturated rings. The lowest BCUT2D eigenvalue weighted by molar-refractivity contribution is -0.285. The van der Waals surface area contributed by atoms with Gasteiger partial charge >= 0.3 is 0 Å². The van der Waals surface area contributed by atoms with E-state index in [9.17, 15) is 0 Å². The lowest BCUT2D eigenvalue weighted by Gasteiger charge is -2.22. The molecule has 1 atom stereocenters. The van der Waals surface area contributed by atoms with E-state index < -0.39 is 6.48 Å². The second-order valence-corrected chi connectivity index (χ2v) is 5.36. The first-order valence-corrected chi connectivity index (χ1v) is 8.19. The summed E-state index contributed by atoms with van der Waals surface area (Å²) in [5.41, 5.74) is 5.58. The summed E-state index contributed by atoms with van der Waals surface area (Å²) in [4.78, 5) is 0. The Kier molecular flexibility index (Phi) is 15.1. The minimum absolute atomic E-state index is 0.194. The van der Waals surface area contributed by atoms with E-state index in [1.54, 1.807) is 14.2 Å². The van der Waals surface area contributed by atoms with E-state index in [0.29, 0.717) is 6.54 Å². The summed E-state index contributed by atoms with van der Waals surface area (Å²) in [5.74, 6) is 0. The predicted molar refractivity (Wildman–Crippen MR) is 83.6 cm³/mol. The summed E-state index contributed by atoms with van der Waals surface area (Å²) in [5, 5.41) is 0. The third-order valence-corrected chi connectivity index (χ3v) is 3.55. The van der Waals surface area contributed by atoms with Gasteiger partial charge in [-0.15, -0.1) is 0 Å². The van der Waals surface area contributed by atoms with Gasteiger partial charge in [-0.1, -0.05) is 51.9 Å². The fourth-order valence-corrected chi connectivity index (χ4v) is 2.32. The maximum Gasteiger partial charge on any atom is 0.271 e. The van der Waals surface area contributed by atoms with Crippen molar-refractivity contribution in [2.24, 2.45) is 5.73 Å². The highest BCUT2D eigenvalue weighted by atomic mass is 16.8. The van der Waals surface area contributed by atoms with Crippen LogP contribution in [0.1, 0.15) is 71.1 Å². The molecule has 0 aliphatic carbocycles. The smallest absolute Gasteiger partial charge is 0.271 e. The van der Waals surface area contributed by atoms with Gasteiger partial charge in [-0.05, 0) is 25.8 Å². The van der Waals surface area contributed by atoms with Crippen LogP contribution in [0.3, 0.4) is 0 Å². The lowest BCUT2D eigenvalue weighted by atomic mass is 10.0. The fraction of sp³-hybridized carbons (Fsp3) is 1.00. The zero-order valence-corrected chi connectivity index (χ0v) is 13.7. The molecular formula is C16H35NO3. The van der Waals surface area contributed by atoms with Crippen molar-refractivity contribution in [2.45, 2.75) is 83.7 Å². The van der Waals surface area contributed by atoms with E-state index in [1.807, 2.05) is 0 Å². The van der Waals surface area contributed by atoms with Gasteiger partial charge < -0.3 is 19.9 Å². The van der Waals surface area contributed by atoms with Crippen molar-refractivity contribution < 1.29 is 14.2 Å². The Morgan fingerprint density at radius 2 is 1.35 bits per heavy atom. The van der Waals surface area contributed by atoms with Crippen LogP contribution in [0.5, 0.6) is 0 Å². The number of methoxy groups -OCH3 is 2. The average molecular weight is 289 g/mol. The van der Waals surface area contributed by atoms with Gasteiger partial charge in [-0.3, -0.25) is 0 Å². The second kappa shape index (κ2) is 15.2. The standard InChI is InChI=1S/C16H35NO3/c1-4-5-6-7-8-9-10-12-15(13-11-14-17)20-16(18-2)19-3/h15-16H,4-14,17H2,1-3H3. The van der Waals surface area contributed by atoms with Crippen molar-refractivity contribution in [2.75, 3.05) is 20.8 Å². The zero-order chi connectivity index (χ0) is 15.1. The molecule has 0 rings (SSSR count). The van der Waals surface area contributed by atoms with Crippen LogP contribution in [0.4, 0.5) is 0 Å². The molecule has 1 unspecified atom stereocenters. The van der Waals surface area contributed by atoms with Crippen LogP contribution in [-0.2, 0) is 14.2 Å². The van der Waals surface area contributed by atoms with Gasteiger partial charge in [-0.2, -0.15) is 0 Å². The third-order valence-electron chi connectivity index (χ3n) is 3.55. The van der Waals surface area contributed by atoms with Crippen LogP contribution in [0.15, 0.2) is 0 Å². The Labute approximate surface area is 125 Å². The number of ether oxygens (including phenoxy) is 3. The lowest BCUT2D eigenvalue weighted by Crippen LogP contribution is -2.26. The van der Waals surface area contributed by atoms with Crippen LogP contribution in [0.25, 0.3) is 0 Å². The van der Waals surface area contributed by atoms with Crippen molar-refractivity contribution in [3.63, 3.8) is 0 Å². The third kappa shape index (κ3) is 11.6. The molecule has 0 aromatic heterocycles. The number of hydrogen-bond acceptors (Lipinski definition) is 4. The first-order valence-electron chi connectivity index (χ1n) is 8.19. The Bertz CT molecular complexity index is 187. The van der Waals surface area contributed by atoms with E-state index in [4.69, 9.17) is 19.9 Å². The molecule has 0 aliphatic heterocycles. The molecule has 0 amide bonds. The van der Waals surface area contributed by atoms with Gasteiger partial charge in [0.1, 0.15) is 0 Å². The molecular weight excluding hydrogens is 254 g/mol. The van der Waals surface area contributed by atoms with Gasteiger partial charge in [-0.25, -0.2) is 0 Å². The average Bonchev–Trinajstić information content (AvgIpc) is 2.48. The minimum Gasteiger partial charge on any atom is -0.333 e. The number of nitrogens with two attached hydrogens (primary N) is 1. The van der Waals surface area contributed by atoms with E-state index in [1.165, 1.54) is 44.9 Å². The number of hydrogen-bond donors (Lipinski definition) is 1. The molecule has 0 heterocycles. The largest absolute Gasteiger partial charge is 0.333 e. The van der Waals surface area contributed by atoms with E-state index in [-0.39, 0.29) is 6.10 Å². The summed E-state index contributed by atoms with van der Waals surface area (Å²) in [6, 6.07) is 0. The normalized spacial score (nSPS) is 13.1. The van der Waals surface area contributed by atoms with Gasteiger partial charge in [0.25, 0.3) is 6.48 Å². The minimum atomic E-state index is -0.553. The van der Waals surface area contributed by atoms with Crippen LogP contribution in [0.2, 0.25) is 0 Å². The fourth-order valence-electron chi connectivity index (χ4n) is 2.32. The molecule has 0 aromatic rings. The monoisotopic (exact) mass is 289 g/mol. The molecule has 20 heavy (non-hydrogen) atoms. The number of unbranched alkanes of at least 4 members (excludes halogenated alkanes) is 6. The van der Waals surface area contributed by atoms with Crippen molar-refractivity contribution in [1.82, 2.24) is 0 Å². The van der Waals surface area contributed by atoms with Crippen molar-refractivity contribution in [3.05, 3.63) is 0 Å². The van der Waals surface area contributed by atoms with Gasteiger partial charge in [0.05, 0.1) is 6.10 Å². The Morgan fingerprint density at radius 1 is 0.800 bits per heavy atom. The Balaban J connectivity index is 3.74. The van der Waals surface area contributed by atoms with Crippen LogP contribution in [0, 0.1) is 0 Å². The van der Waals surface area contributed by atoms with Gasteiger partial charge in [0, 0.05) is 14.2 Å². The molecule has 0 spiro atoms. The highest BCUT2D eigenvalue weighted by Crippen LogP contribution is 2.16. The van der Waals surface area contributed by atoms with E-state index >= 15 is 0 Å². The molecule has 0 aromatic carbocycles. The molecule has 0 radical (unpaired) electrons. The first kappa shape index (κ1) is 19.8. The van der Waals surface area contributed by atoms with E-state index in [2.05, 4.69) is 6.92 Å². The molecule has 0 saturated carbocycles. The molecule has 4 nitrogen and oxygen atoms in total. The summed E-state index contributed by atoms with van der Waals surface area (Å²) in [7, 11) is 3.20. The summed E-state index contributed by atoms with van der Waals surface area (Å²) >= 11 is 0. The quantitative estimate of drug-likeness (QED) is 0.368. The van der Waals surface area contributed by atoms with Gasteiger partial charge in [0.2, 0.25) is 0 Å². The molecule has 4 heteroatoms. The Morgan fingerprint density at radius 3 is 1.90 bits per heavy atom. The zero-order valence-electron chi connectivity index (χ0n) is 13.7. The maximum atomic E-state index is 5.80. The SMILES string of the molecule is CCCCCCCCCC(CCCN)OC(OC)OC. The maximum absolute atomic E-state index is 5.80. The summed E-state index contributed by atoms with van der Waals surface area (Å²) in [6.45, 7) is 2.41. The highest BCUT2D eigenvalue weighted by molar-refractivity contribution is 4.60. The molecule has 0 bridgehead atoms. The van der Waals surface area contributed by atoms with Crippen LogP contribution in [-0.4, -0.2) is 33.3 Å². The number of rotatable bonds is 15. The van der Waals surface area contributed by atoms with Crippen molar-refractivity contribution in [3.8, 4) is 0 Å². The van der Waals surface area contributed by atoms with Crippen LogP contribution < -0.4 is 5.73 Å². The topological polar surface area (TPSA) is 53.7 Å². The van der Waals surface area contributed by atoms with Crippen molar-refractivity contribution >= 4 is 0 Å². The summed E-state index contributed by atoms with van der Waals surface area (Å²) in [6.07, 6.45) is 12.5. The molecule has 122 valence electrons. The van der Waals surface area contributed by atoms with Crippen molar-refractivity contribution in [1.29, 1.82) is 0 Å². The highest BCUT2D eigenvalue weighted by Gasteiger charge is 2.15. The van der Waals surface area contributed by atoms with Gasteiger partial charge in [0.15, 0.2) is 0 Å². The second-order valence-electron chi connectivity index (χ2n) is 5.36. The first-order chi connectivity index (χ1) is 9.78. The molecule has 2 N–H and O–H groups in total. The molecule has 0 aliphatic rings. The molecule has 0 saturated heterocycles.